The molecule has 1 atom stereocenters. The van der Waals surface area contributed by atoms with E-state index in [0.717, 1.165) is 15.6 Å². The van der Waals surface area contributed by atoms with E-state index in [-0.39, 0.29) is 19.0 Å². The summed E-state index contributed by atoms with van der Waals surface area (Å²) >= 11 is 3.43. The SMILES string of the molecule is CC(=O)NCC1CN(c2ccc(-c3cc[n+](Cc4ccc(Br)cc4)cc3)c(F)c2)C(=O)O1. The fourth-order valence-corrected chi connectivity index (χ4v) is 3.81. The molecule has 0 radical (unpaired) electrons. The topological polar surface area (TPSA) is 62.5 Å². The molecule has 0 aliphatic carbocycles. The van der Waals surface area contributed by atoms with E-state index in [2.05, 4.69) is 21.2 Å². The molecule has 1 unspecified atom stereocenters. The molecular formula is C24H22BrFN3O3+. The van der Waals surface area contributed by atoms with E-state index < -0.39 is 18.0 Å². The third kappa shape index (κ3) is 5.13. The lowest BCUT2D eigenvalue weighted by molar-refractivity contribution is -0.688. The Morgan fingerprint density at radius 2 is 1.91 bits per heavy atom. The van der Waals surface area contributed by atoms with E-state index in [4.69, 9.17) is 4.74 Å². The van der Waals surface area contributed by atoms with E-state index in [9.17, 15) is 14.0 Å². The van der Waals surface area contributed by atoms with Crippen molar-refractivity contribution < 1.29 is 23.3 Å². The number of benzene rings is 2. The van der Waals surface area contributed by atoms with Crippen molar-refractivity contribution in [1.29, 1.82) is 0 Å². The van der Waals surface area contributed by atoms with Crippen LogP contribution in [0.5, 0.6) is 0 Å². The van der Waals surface area contributed by atoms with E-state index in [0.29, 0.717) is 17.8 Å². The number of hydrogen-bond acceptors (Lipinski definition) is 3. The summed E-state index contributed by atoms with van der Waals surface area (Å²) in [6.07, 6.45) is 2.80. The maximum Gasteiger partial charge on any atom is 0.414 e. The Morgan fingerprint density at radius 1 is 1.19 bits per heavy atom. The summed E-state index contributed by atoms with van der Waals surface area (Å²) in [5.41, 5.74) is 2.78. The Hall–Kier alpha value is -3.26. The first kappa shape index (κ1) is 22.0. The number of anilines is 1. The molecule has 6 nitrogen and oxygen atoms in total. The number of carbonyl (C=O) groups is 2. The Labute approximate surface area is 193 Å². The summed E-state index contributed by atoms with van der Waals surface area (Å²) in [5, 5.41) is 2.62. The first-order chi connectivity index (χ1) is 15.4. The van der Waals surface area contributed by atoms with E-state index in [1.807, 2.05) is 53.4 Å². The van der Waals surface area contributed by atoms with Gasteiger partial charge in [0.05, 0.1) is 18.8 Å². The van der Waals surface area contributed by atoms with Crippen LogP contribution in [0, 0.1) is 5.82 Å². The molecule has 164 valence electrons. The number of carbonyl (C=O) groups excluding carboxylic acids is 2. The number of aromatic nitrogens is 1. The van der Waals surface area contributed by atoms with E-state index >= 15 is 0 Å². The lowest BCUT2D eigenvalue weighted by atomic mass is 10.1. The first-order valence-corrected chi connectivity index (χ1v) is 10.9. The number of pyridine rings is 1. The van der Waals surface area contributed by atoms with Gasteiger partial charge in [0.1, 0.15) is 11.9 Å². The molecule has 0 bridgehead atoms. The normalized spacial score (nSPS) is 15.5. The third-order valence-electron chi connectivity index (χ3n) is 5.20. The molecule has 3 aromatic rings. The Bertz CT molecular complexity index is 1140. The van der Waals surface area contributed by atoms with Gasteiger partial charge in [-0.05, 0) is 35.9 Å². The Balaban J connectivity index is 1.45. The minimum atomic E-state index is -0.554. The van der Waals surface area contributed by atoms with Crippen molar-refractivity contribution in [2.24, 2.45) is 0 Å². The van der Waals surface area contributed by atoms with Gasteiger partial charge >= 0.3 is 6.09 Å². The zero-order valence-corrected chi connectivity index (χ0v) is 19.0. The van der Waals surface area contributed by atoms with Crippen LogP contribution in [0.3, 0.4) is 0 Å². The molecule has 0 spiro atoms. The average molecular weight is 499 g/mol. The molecule has 1 saturated heterocycles. The summed E-state index contributed by atoms with van der Waals surface area (Å²) in [6, 6.07) is 16.5. The Morgan fingerprint density at radius 3 is 2.56 bits per heavy atom. The first-order valence-electron chi connectivity index (χ1n) is 10.1. The lowest BCUT2D eigenvalue weighted by Gasteiger charge is -2.14. The van der Waals surface area contributed by atoms with Crippen LogP contribution in [0.25, 0.3) is 11.1 Å². The highest BCUT2D eigenvalue weighted by molar-refractivity contribution is 9.10. The number of nitrogens with one attached hydrogen (secondary N) is 1. The molecule has 1 aliphatic heterocycles. The predicted molar refractivity (Wildman–Crippen MR) is 122 cm³/mol. The van der Waals surface area contributed by atoms with Crippen molar-refractivity contribution in [3.8, 4) is 11.1 Å². The minimum Gasteiger partial charge on any atom is -0.442 e. The molecule has 1 aromatic heterocycles. The van der Waals surface area contributed by atoms with Crippen LogP contribution < -0.4 is 14.8 Å². The number of rotatable bonds is 6. The second-order valence-corrected chi connectivity index (χ2v) is 8.52. The highest BCUT2D eigenvalue weighted by Gasteiger charge is 2.32. The quantitative estimate of drug-likeness (QED) is 0.521. The number of cyclic esters (lactones) is 1. The summed E-state index contributed by atoms with van der Waals surface area (Å²) in [7, 11) is 0. The van der Waals surface area contributed by atoms with Gasteiger partial charge in [-0.2, -0.15) is 0 Å². The molecular weight excluding hydrogens is 477 g/mol. The van der Waals surface area contributed by atoms with Crippen LogP contribution >= 0.6 is 15.9 Å². The smallest absolute Gasteiger partial charge is 0.414 e. The number of nitrogens with zero attached hydrogens (tertiary/aromatic N) is 2. The maximum atomic E-state index is 14.9. The van der Waals surface area contributed by atoms with Crippen LogP contribution in [-0.2, 0) is 16.1 Å². The van der Waals surface area contributed by atoms with Crippen LogP contribution in [0.1, 0.15) is 12.5 Å². The number of ether oxygens (including phenoxy) is 1. The van der Waals surface area contributed by atoms with Crippen molar-refractivity contribution in [3.63, 3.8) is 0 Å². The van der Waals surface area contributed by atoms with Gasteiger partial charge in [-0.25, -0.2) is 13.8 Å². The highest BCUT2D eigenvalue weighted by atomic mass is 79.9. The molecule has 32 heavy (non-hydrogen) atoms. The fourth-order valence-electron chi connectivity index (χ4n) is 3.55. The highest BCUT2D eigenvalue weighted by Crippen LogP contribution is 2.28. The number of hydrogen-bond donors (Lipinski definition) is 1. The van der Waals surface area contributed by atoms with Crippen LogP contribution in [0.2, 0.25) is 0 Å². The van der Waals surface area contributed by atoms with Gasteiger partial charge in [0.25, 0.3) is 0 Å². The molecule has 2 amide bonds. The predicted octanol–water partition coefficient (Wildman–Crippen LogP) is 4.05. The van der Waals surface area contributed by atoms with E-state index in [1.165, 1.54) is 17.9 Å². The summed E-state index contributed by atoms with van der Waals surface area (Å²) in [4.78, 5) is 24.6. The van der Waals surface area contributed by atoms with Crippen molar-refractivity contribution in [3.05, 3.63) is 82.8 Å². The molecule has 2 aromatic carbocycles. The largest absolute Gasteiger partial charge is 0.442 e. The third-order valence-corrected chi connectivity index (χ3v) is 5.73. The molecule has 8 heteroatoms. The van der Waals surface area contributed by atoms with Gasteiger partial charge in [-0.3, -0.25) is 9.69 Å². The second kappa shape index (κ2) is 9.48. The lowest BCUT2D eigenvalue weighted by Crippen LogP contribution is -2.33. The molecule has 1 N–H and O–H groups in total. The molecule has 0 saturated carbocycles. The molecule has 4 rings (SSSR count). The van der Waals surface area contributed by atoms with Crippen LogP contribution in [0.15, 0.2) is 71.5 Å². The Kier molecular flexibility index (Phi) is 6.50. The van der Waals surface area contributed by atoms with Gasteiger partial charge in [0.2, 0.25) is 5.91 Å². The van der Waals surface area contributed by atoms with Gasteiger partial charge < -0.3 is 10.1 Å². The van der Waals surface area contributed by atoms with Gasteiger partial charge in [-0.15, -0.1) is 0 Å². The molecule has 2 heterocycles. The summed E-state index contributed by atoms with van der Waals surface area (Å²) in [6.45, 7) is 2.59. The minimum absolute atomic E-state index is 0.198. The fraction of sp³-hybridized carbons (Fsp3) is 0.208. The van der Waals surface area contributed by atoms with Crippen molar-refractivity contribution in [2.75, 3.05) is 18.0 Å². The van der Waals surface area contributed by atoms with Gasteiger partial charge in [-0.1, -0.05) is 28.1 Å². The molecule has 1 aliphatic rings. The zero-order valence-electron chi connectivity index (χ0n) is 17.4. The van der Waals surface area contributed by atoms with Crippen molar-refractivity contribution in [2.45, 2.75) is 19.6 Å². The number of halogens is 2. The maximum absolute atomic E-state index is 14.9. The van der Waals surface area contributed by atoms with Crippen molar-refractivity contribution >= 4 is 33.6 Å². The average Bonchev–Trinajstić information content (AvgIpc) is 3.15. The van der Waals surface area contributed by atoms with Gasteiger partial charge in [0.15, 0.2) is 18.9 Å². The van der Waals surface area contributed by atoms with Crippen LogP contribution in [-0.4, -0.2) is 31.2 Å². The van der Waals surface area contributed by atoms with Crippen LogP contribution in [0.4, 0.5) is 14.9 Å². The standard InChI is InChI=1S/C24H21BrFN3O3/c1-16(30)27-13-21-15-29(24(31)32-21)20-6-7-22(23(26)12-20)18-8-10-28(11-9-18)14-17-2-4-19(25)5-3-17/h2-12,21H,13-15H2,1H3/p+1. The van der Waals surface area contributed by atoms with Crippen molar-refractivity contribution in [1.82, 2.24) is 5.32 Å². The summed E-state index contributed by atoms with van der Waals surface area (Å²) in [5.74, 6) is -0.623. The summed E-state index contributed by atoms with van der Waals surface area (Å²) < 4.78 is 23.2. The monoisotopic (exact) mass is 498 g/mol. The zero-order chi connectivity index (χ0) is 22.7. The van der Waals surface area contributed by atoms with Gasteiger partial charge in [0, 0.05) is 34.7 Å². The molecule has 1 fully saturated rings. The number of amides is 2. The van der Waals surface area contributed by atoms with E-state index in [1.54, 1.807) is 12.1 Å². The second-order valence-electron chi connectivity index (χ2n) is 7.60.